The Labute approximate surface area is 220 Å². The van der Waals surface area contributed by atoms with Crippen molar-refractivity contribution in [3.63, 3.8) is 0 Å². The van der Waals surface area contributed by atoms with E-state index in [-0.39, 0.29) is 18.3 Å². The van der Waals surface area contributed by atoms with Crippen molar-refractivity contribution in [2.45, 2.75) is 53.6 Å². The first-order valence-corrected chi connectivity index (χ1v) is 12.8. The molecule has 6 heteroatoms. The van der Waals surface area contributed by atoms with Gasteiger partial charge in [-0.1, -0.05) is 49.7 Å². The molecule has 0 aliphatic carbocycles. The fourth-order valence-electron chi connectivity index (χ4n) is 3.82. The molecular formula is C31H37NO5. The second-order valence-corrected chi connectivity index (χ2v) is 9.44. The molecule has 0 aliphatic rings. The molecule has 0 aliphatic heterocycles. The van der Waals surface area contributed by atoms with Gasteiger partial charge in [0.05, 0.1) is 18.8 Å². The molecule has 0 spiro atoms. The maximum absolute atomic E-state index is 13.0. The van der Waals surface area contributed by atoms with Gasteiger partial charge in [0, 0.05) is 12.1 Å². The predicted molar refractivity (Wildman–Crippen MR) is 146 cm³/mol. The number of benzene rings is 3. The van der Waals surface area contributed by atoms with Crippen LogP contribution in [0.2, 0.25) is 0 Å². The standard InChI is InChI=1S/C31H37NO5/c1-5-35-30(33)7-6-18-36-29-17-8-23(4)20-28(29)31(34)32-26-13-15-27(16-14-26)37-21-25-11-9-24(10-12-25)19-22(2)3/h8-17,20,22H,5-7,18-19,21H2,1-4H3,(H,32,34). The maximum Gasteiger partial charge on any atom is 0.305 e. The predicted octanol–water partition coefficient (Wildman–Crippen LogP) is 6.75. The lowest BCUT2D eigenvalue weighted by atomic mass is 10.0. The monoisotopic (exact) mass is 503 g/mol. The normalized spacial score (nSPS) is 10.7. The van der Waals surface area contributed by atoms with E-state index < -0.39 is 0 Å². The molecule has 196 valence electrons. The first-order valence-electron chi connectivity index (χ1n) is 12.8. The molecule has 0 aromatic heterocycles. The van der Waals surface area contributed by atoms with E-state index in [0.29, 0.717) is 49.2 Å². The topological polar surface area (TPSA) is 73.9 Å². The van der Waals surface area contributed by atoms with E-state index in [9.17, 15) is 9.59 Å². The van der Waals surface area contributed by atoms with E-state index in [1.54, 1.807) is 19.1 Å². The van der Waals surface area contributed by atoms with Crippen molar-refractivity contribution in [2.75, 3.05) is 18.5 Å². The molecule has 3 aromatic carbocycles. The zero-order valence-corrected chi connectivity index (χ0v) is 22.2. The summed E-state index contributed by atoms with van der Waals surface area (Å²) in [4.78, 5) is 24.5. The Morgan fingerprint density at radius 3 is 2.27 bits per heavy atom. The van der Waals surface area contributed by atoms with Crippen LogP contribution in [0.4, 0.5) is 5.69 Å². The highest BCUT2D eigenvalue weighted by molar-refractivity contribution is 6.06. The summed E-state index contributed by atoms with van der Waals surface area (Å²) in [6, 6.07) is 21.3. The van der Waals surface area contributed by atoms with Crippen LogP contribution in [0.25, 0.3) is 0 Å². The van der Waals surface area contributed by atoms with Crippen molar-refractivity contribution < 1.29 is 23.8 Å². The number of aryl methyl sites for hydroxylation is 1. The fourth-order valence-corrected chi connectivity index (χ4v) is 3.82. The summed E-state index contributed by atoms with van der Waals surface area (Å²) in [7, 11) is 0. The van der Waals surface area contributed by atoms with Gasteiger partial charge in [0.1, 0.15) is 18.1 Å². The summed E-state index contributed by atoms with van der Waals surface area (Å²) in [6.07, 6.45) is 1.86. The lowest BCUT2D eigenvalue weighted by Gasteiger charge is -2.13. The molecule has 0 bridgehead atoms. The quantitative estimate of drug-likeness (QED) is 0.206. The first kappa shape index (κ1) is 27.8. The van der Waals surface area contributed by atoms with Crippen molar-refractivity contribution >= 4 is 17.6 Å². The summed E-state index contributed by atoms with van der Waals surface area (Å²) in [5.74, 6) is 1.32. The van der Waals surface area contributed by atoms with E-state index in [1.807, 2.05) is 37.3 Å². The Hall–Kier alpha value is -3.80. The number of anilines is 1. The number of nitrogens with one attached hydrogen (secondary N) is 1. The molecular weight excluding hydrogens is 466 g/mol. The maximum atomic E-state index is 13.0. The van der Waals surface area contributed by atoms with Gasteiger partial charge in [-0.05, 0) is 80.1 Å². The molecule has 3 aromatic rings. The Kier molecular flexibility index (Phi) is 10.6. The van der Waals surface area contributed by atoms with Crippen LogP contribution in [0.1, 0.15) is 60.7 Å². The molecule has 37 heavy (non-hydrogen) atoms. The van der Waals surface area contributed by atoms with Crippen LogP contribution in [0, 0.1) is 12.8 Å². The summed E-state index contributed by atoms with van der Waals surface area (Å²) in [5.41, 5.74) is 4.49. The molecule has 0 unspecified atom stereocenters. The van der Waals surface area contributed by atoms with Crippen LogP contribution >= 0.6 is 0 Å². The van der Waals surface area contributed by atoms with Crippen molar-refractivity contribution in [3.8, 4) is 11.5 Å². The van der Waals surface area contributed by atoms with Crippen molar-refractivity contribution in [1.82, 2.24) is 0 Å². The summed E-state index contributed by atoms with van der Waals surface area (Å²) in [6.45, 7) is 9.29. The number of carbonyl (C=O) groups is 2. The van der Waals surface area contributed by atoms with Crippen LogP contribution in [0.15, 0.2) is 66.7 Å². The molecule has 3 rings (SSSR count). The number of rotatable bonds is 13. The molecule has 0 heterocycles. The molecule has 0 fully saturated rings. The van der Waals surface area contributed by atoms with E-state index in [0.717, 1.165) is 23.3 Å². The first-order chi connectivity index (χ1) is 17.8. The van der Waals surface area contributed by atoms with Gasteiger partial charge in [-0.15, -0.1) is 0 Å². The Bertz CT molecular complexity index is 1150. The number of hydrogen-bond donors (Lipinski definition) is 1. The largest absolute Gasteiger partial charge is 0.493 e. The van der Waals surface area contributed by atoms with Crippen molar-refractivity contribution in [1.29, 1.82) is 0 Å². The van der Waals surface area contributed by atoms with E-state index in [1.165, 1.54) is 5.56 Å². The molecule has 1 N–H and O–H groups in total. The van der Waals surface area contributed by atoms with Crippen LogP contribution < -0.4 is 14.8 Å². The summed E-state index contributed by atoms with van der Waals surface area (Å²) >= 11 is 0. The van der Waals surface area contributed by atoms with Crippen LogP contribution in [0.5, 0.6) is 11.5 Å². The van der Waals surface area contributed by atoms with Gasteiger partial charge in [0.15, 0.2) is 0 Å². The minimum atomic E-state index is -0.265. The Morgan fingerprint density at radius 2 is 1.59 bits per heavy atom. The lowest BCUT2D eigenvalue weighted by Crippen LogP contribution is -2.14. The average molecular weight is 504 g/mol. The van der Waals surface area contributed by atoms with E-state index >= 15 is 0 Å². The van der Waals surface area contributed by atoms with Crippen molar-refractivity contribution in [2.24, 2.45) is 5.92 Å². The number of ether oxygens (including phenoxy) is 3. The summed E-state index contributed by atoms with van der Waals surface area (Å²) in [5, 5.41) is 2.93. The van der Waals surface area contributed by atoms with Gasteiger partial charge in [-0.3, -0.25) is 9.59 Å². The highest BCUT2D eigenvalue weighted by Crippen LogP contribution is 2.23. The second kappa shape index (κ2) is 14.1. The highest BCUT2D eigenvalue weighted by atomic mass is 16.5. The number of esters is 1. The molecule has 0 saturated heterocycles. The van der Waals surface area contributed by atoms with Gasteiger partial charge in [0.25, 0.3) is 5.91 Å². The summed E-state index contributed by atoms with van der Waals surface area (Å²) < 4.78 is 16.7. The zero-order valence-electron chi connectivity index (χ0n) is 22.2. The Morgan fingerprint density at radius 1 is 0.892 bits per heavy atom. The number of hydrogen-bond acceptors (Lipinski definition) is 5. The SMILES string of the molecule is CCOC(=O)CCCOc1ccc(C)cc1C(=O)Nc1ccc(OCc2ccc(CC(C)C)cc2)cc1. The third kappa shape index (κ3) is 9.30. The number of amides is 1. The van der Waals surface area contributed by atoms with Gasteiger partial charge >= 0.3 is 5.97 Å². The molecule has 0 atom stereocenters. The number of carbonyl (C=O) groups excluding carboxylic acids is 2. The van der Waals surface area contributed by atoms with Crippen LogP contribution in [-0.4, -0.2) is 25.1 Å². The second-order valence-electron chi connectivity index (χ2n) is 9.44. The minimum Gasteiger partial charge on any atom is -0.493 e. The van der Waals surface area contributed by atoms with Crippen molar-refractivity contribution in [3.05, 3.63) is 89.0 Å². The Balaban J connectivity index is 1.53. The molecule has 6 nitrogen and oxygen atoms in total. The molecule has 0 saturated carbocycles. The third-order valence-corrected chi connectivity index (χ3v) is 5.65. The van der Waals surface area contributed by atoms with Crippen LogP contribution in [0.3, 0.4) is 0 Å². The van der Waals surface area contributed by atoms with Gasteiger partial charge in [-0.25, -0.2) is 0 Å². The smallest absolute Gasteiger partial charge is 0.305 e. The third-order valence-electron chi connectivity index (χ3n) is 5.65. The van der Waals surface area contributed by atoms with E-state index in [4.69, 9.17) is 14.2 Å². The molecule has 0 radical (unpaired) electrons. The van der Waals surface area contributed by atoms with Gasteiger partial charge < -0.3 is 19.5 Å². The highest BCUT2D eigenvalue weighted by Gasteiger charge is 2.14. The average Bonchev–Trinajstić information content (AvgIpc) is 2.87. The van der Waals surface area contributed by atoms with E-state index in [2.05, 4.69) is 43.4 Å². The lowest BCUT2D eigenvalue weighted by molar-refractivity contribution is -0.143. The minimum absolute atomic E-state index is 0.250. The van der Waals surface area contributed by atoms with Crippen LogP contribution in [-0.2, 0) is 22.6 Å². The molecule has 1 amide bonds. The van der Waals surface area contributed by atoms with Gasteiger partial charge in [-0.2, -0.15) is 0 Å². The zero-order chi connectivity index (χ0) is 26.6. The van der Waals surface area contributed by atoms with Gasteiger partial charge in [0.2, 0.25) is 0 Å². The fraction of sp³-hybridized carbons (Fsp3) is 0.355.